The zero-order valence-electron chi connectivity index (χ0n) is 7.08. The first-order chi connectivity index (χ1) is 6.59. The Kier molecular flexibility index (Phi) is 2.96. The molecule has 0 fully saturated rings. The third kappa shape index (κ3) is 2.71. The molecular weight excluding hydrogens is 186 g/mol. The molecule has 0 bridgehead atoms. The average Bonchev–Trinajstić information content (AvgIpc) is 2.15. The average molecular weight is 193 g/mol. The molecule has 0 spiro atoms. The van der Waals surface area contributed by atoms with Gasteiger partial charge >= 0.3 is 5.97 Å². The number of hydrogen-bond donors (Lipinski definition) is 1. The van der Waals surface area contributed by atoms with Crippen LogP contribution in [0.1, 0.15) is 15.9 Å². The van der Waals surface area contributed by atoms with Crippen LogP contribution in [-0.4, -0.2) is 16.0 Å². The molecule has 5 nitrogen and oxygen atoms in total. The molecule has 1 aromatic carbocycles. The highest BCUT2D eigenvalue weighted by molar-refractivity contribution is 5.88. The van der Waals surface area contributed by atoms with E-state index in [0.717, 1.165) is 6.20 Å². The summed E-state index contributed by atoms with van der Waals surface area (Å²) in [6.45, 7) is 0. The van der Waals surface area contributed by atoms with Crippen molar-refractivity contribution < 1.29 is 14.8 Å². The maximum Gasteiger partial charge on any atom is 0.335 e. The lowest BCUT2D eigenvalue weighted by Crippen LogP contribution is -1.95. The Morgan fingerprint density at radius 1 is 1.50 bits per heavy atom. The van der Waals surface area contributed by atoms with Gasteiger partial charge in [-0.05, 0) is 17.7 Å². The molecule has 5 heteroatoms. The summed E-state index contributed by atoms with van der Waals surface area (Å²) >= 11 is 0. The monoisotopic (exact) mass is 193 g/mol. The van der Waals surface area contributed by atoms with Crippen LogP contribution in [0.5, 0.6) is 0 Å². The van der Waals surface area contributed by atoms with Gasteiger partial charge in [0.05, 0.1) is 10.5 Å². The fourth-order valence-corrected chi connectivity index (χ4v) is 0.922. The number of benzene rings is 1. The van der Waals surface area contributed by atoms with Crippen LogP contribution in [0.4, 0.5) is 0 Å². The molecule has 0 aliphatic carbocycles. The van der Waals surface area contributed by atoms with E-state index in [0.29, 0.717) is 5.56 Å². The van der Waals surface area contributed by atoms with E-state index >= 15 is 0 Å². The maximum atomic E-state index is 10.5. The molecule has 0 heterocycles. The minimum Gasteiger partial charge on any atom is -0.478 e. The molecular formula is C9H7NO4. The van der Waals surface area contributed by atoms with Crippen LogP contribution in [0, 0.1) is 10.1 Å². The third-order valence-electron chi connectivity index (χ3n) is 1.52. The standard InChI is InChI=1S/C9H7NO4/c11-9(12)8-3-1-2-7(6-8)4-5-10(13)14/h1-6H,(H,11,12). The number of nitrogens with zero attached hydrogens (tertiary/aromatic N) is 1. The highest BCUT2D eigenvalue weighted by atomic mass is 16.6. The van der Waals surface area contributed by atoms with Gasteiger partial charge in [-0.25, -0.2) is 4.79 Å². The first kappa shape index (κ1) is 9.91. The van der Waals surface area contributed by atoms with Gasteiger partial charge in [0, 0.05) is 6.08 Å². The predicted octanol–water partition coefficient (Wildman–Crippen LogP) is 1.63. The number of hydrogen-bond acceptors (Lipinski definition) is 3. The van der Waals surface area contributed by atoms with Crippen LogP contribution < -0.4 is 0 Å². The summed E-state index contributed by atoms with van der Waals surface area (Å²) in [6, 6.07) is 5.91. The van der Waals surface area contributed by atoms with Crippen molar-refractivity contribution in [1.82, 2.24) is 0 Å². The fraction of sp³-hybridized carbons (Fsp3) is 0. The van der Waals surface area contributed by atoms with E-state index in [1.807, 2.05) is 0 Å². The van der Waals surface area contributed by atoms with E-state index in [4.69, 9.17) is 5.11 Å². The quantitative estimate of drug-likeness (QED) is 0.584. The molecule has 0 amide bonds. The molecule has 1 aromatic rings. The first-order valence-corrected chi connectivity index (χ1v) is 3.74. The molecule has 1 N–H and O–H groups in total. The summed E-state index contributed by atoms with van der Waals surface area (Å²) in [7, 11) is 0. The normalized spacial score (nSPS) is 10.3. The second-order valence-electron chi connectivity index (χ2n) is 2.53. The Morgan fingerprint density at radius 2 is 2.21 bits per heavy atom. The molecule has 0 atom stereocenters. The van der Waals surface area contributed by atoms with Gasteiger partial charge in [0.1, 0.15) is 0 Å². The number of rotatable bonds is 3. The molecule has 72 valence electrons. The van der Waals surface area contributed by atoms with Crippen molar-refractivity contribution >= 4 is 12.0 Å². The van der Waals surface area contributed by atoms with Crippen LogP contribution in [0.3, 0.4) is 0 Å². The van der Waals surface area contributed by atoms with E-state index in [1.165, 1.54) is 24.3 Å². The van der Waals surface area contributed by atoms with Crippen molar-refractivity contribution in [3.63, 3.8) is 0 Å². The van der Waals surface area contributed by atoms with Gasteiger partial charge < -0.3 is 5.11 Å². The van der Waals surface area contributed by atoms with Crippen LogP contribution in [-0.2, 0) is 0 Å². The molecule has 0 unspecified atom stereocenters. The van der Waals surface area contributed by atoms with Crippen LogP contribution in [0.2, 0.25) is 0 Å². The second-order valence-corrected chi connectivity index (χ2v) is 2.53. The molecule has 0 aromatic heterocycles. The van der Waals surface area contributed by atoms with Gasteiger partial charge in [-0.2, -0.15) is 0 Å². The number of nitro groups is 1. The van der Waals surface area contributed by atoms with E-state index in [-0.39, 0.29) is 5.56 Å². The van der Waals surface area contributed by atoms with Gasteiger partial charge in [-0.15, -0.1) is 0 Å². The minimum absolute atomic E-state index is 0.107. The summed E-state index contributed by atoms with van der Waals surface area (Å²) in [5, 5.41) is 18.6. The van der Waals surface area contributed by atoms with Gasteiger partial charge in [0.25, 0.3) is 0 Å². The SMILES string of the molecule is O=C(O)c1cccc(C=C[N+](=O)[O-])c1. The number of aromatic carboxylic acids is 1. The zero-order valence-corrected chi connectivity index (χ0v) is 7.08. The van der Waals surface area contributed by atoms with Crippen molar-refractivity contribution in [2.24, 2.45) is 0 Å². The van der Waals surface area contributed by atoms with Gasteiger partial charge in [0.2, 0.25) is 6.20 Å². The Bertz CT molecular complexity index is 398. The minimum atomic E-state index is -1.05. The van der Waals surface area contributed by atoms with E-state index in [2.05, 4.69) is 0 Å². The van der Waals surface area contributed by atoms with Crippen LogP contribution in [0.25, 0.3) is 6.08 Å². The second kappa shape index (κ2) is 4.18. The summed E-state index contributed by atoms with van der Waals surface area (Å²) in [5.41, 5.74) is 0.595. The summed E-state index contributed by atoms with van der Waals surface area (Å²) in [4.78, 5) is 19.9. The Balaban J connectivity index is 2.94. The highest BCUT2D eigenvalue weighted by Crippen LogP contribution is 2.06. The van der Waals surface area contributed by atoms with Crippen molar-refractivity contribution in [1.29, 1.82) is 0 Å². The van der Waals surface area contributed by atoms with Crippen molar-refractivity contribution in [2.45, 2.75) is 0 Å². The summed E-state index contributed by atoms with van der Waals surface area (Å²) in [5.74, 6) is -1.05. The fourth-order valence-electron chi connectivity index (χ4n) is 0.922. The lowest BCUT2D eigenvalue weighted by molar-refractivity contribution is -0.400. The van der Waals surface area contributed by atoms with E-state index in [9.17, 15) is 14.9 Å². The first-order valence-electron chi connectivity index (χ1n) is 3.74. The smallest absolute Gasteiger partial charge is 0.335 e. The van der Waals surface area contributed by atoms with E-state index in [1.54, 1.807) is 6.07 Å². The van der Waals surface area contributed by atoms with Crippen LogP contribution in [0.15, 0.2) is 30.5 Å². The van der Waals surface area contributed by atoms with Crippen molar-refractivity contribution in [3.8, 4) is 0 Å². The van der Waals surface area contributed by atoms with Gasteiger partial charge in [0.15, 0.2) is 0 Å². The number of carboxylic acids is 1. The molecule has 1 rings (SSSR count). The largest absolute Gasteiger partial charge is 0.478 e. The topological polar surface area (TPSA) is 80.4 Å². The molecule has 0 radical (unpaired) electrons. The van der Waals surface area contributed by atoms with Gasteiger partial charge in [-0.1, -0.05) is 12.1 Å². The van der Waals surface area contributed by atoms with Crippen molar-refractivity contribution in [2.75, 3.05) is 0 Å². The third-order valence-corrected chi connectivity index (χ3v) is 1.52. The van der Waals surface area contributed by atoms with Gasteiger partial charge in [-0.3, -0.25) is 10.1 Å². The van der Waals surface area contributed by atoms with Crippen molar-refractivity contribution in [3.05, 3.63) is 51.7 Å². The van der Waals surface area contributed by atoms with Crippen LogP contribution >= 0.6 is 0 Å². The summed E-state index contributed by atoms with van der Waals surface area (Å²) in [6.07, 6.45) is 2.01. The highest BCUT2D eigenvalue weighted by Gasteiger charge is 2.01. The number of carboxylic acid groups (broad SMARTS) is 1. The molecule has 14 heavy (non-hydrogen) atoms. The molecule has 0 saturated carbocycles. The predicted molar refractivity (Wildman–Crippen MR) is 49.4 cm³/mol. The Morgan fingerprint density at radius 3 is 2.79 bits per heavy atom. The maximum absolute atomic E-state index is 10.5. The van der Waals surface area contributed by atoms with E-state index < -0.39 is 10.9 Å². The Hall–Kier alpha value is -2.17. The lowest BCUT2D eigenvalue weighted by Gasteiger charge is -1.94. The number of carbonyl (C=O) groups is 1. The molecule has 0 aliphatic heterocycles. The molecule has 0 saturated heterocycles. The molecule has 0 aliphatic rings. The zero-order chi connectivity index (χ0) is 10.6. The lowest BCUT2D eigenvalue weighted by atomic mass is 10.1. The Labute approximate surface area is 79.4 Å². The summed E-state index contributed by atoms with van der Waals surface area (Å²) < 4.78 is 0.